The van der Waals surface area contributed by atoms with Crippen molar-refractivity contribution < 1.29 is 48.7 Å². The van der Waals surface area contributed by atoms with Crippen LogP contribution in [-0.4, -0.2) is 96.9 Å². The van der Waals surface area contributed by atoms with Gasteiger partial charge in [0.15, 0.2) is 6.23 Å². The molecule has 0 aliphatic carbocycles. The number of aromatic amines is 1. The highest BCUT2D eigenvalue weighted by Gasteiger charge is 2.45. The molecular weight excluding hydrogens is 459 g/mol. The van der Waals surface area contributed by atoms with Gasteiger partial charge in [0.2, 0.25) is 0 Å². The second-order valence-corrected chi connectivity index (χ2v) is 8.93. The summed E-state index contributed by atoms with van der Waals surface area (Å²) in [5, 5.41) is 39.8. The van der Waals surface area contributed by atoms with Crippen LogP contribution in [0, 0.1) is 0 Å². The summed E-state index contributed by atoms with van der Waals surface area (Å²) in [6, 6.07) is -0.490. The first-order valence-electron chi connectivity index (χ1n) is 9.15. The van der Waals surface area contributed by atoms with Crippen LogP contribution in [0.15, 0.2) is 21.9 Å². The molecule has 1 aliphatic rings. The average Bonchev–Trinajstić information content (AvgIpc) is 2.98. The van der Waals surface area contributed by atoms with E-state index in [1.807, 2.05) is 4.98 Å². The average molecular weight is 484 g/mol. The maximum absolute atomic E-state index is 12.3. The van der Waals surface area contributed by atoms with E-state index in [4.69, 9.17) is 20.7 Å². The second kappa shape index (κ2) is 10.7. The summed E-state index contributed by atoms with van der Waals surface area (Å²) in [5.41, 5.74) is 8.71. The molecule has 182 valence electrons. The Labute approximate surface area is 179 Å². The molecule has 0 saturated carbocycles. The van der Waals surface area contributed by atoms with Crippen molar-refractivity contribution in [1.82, 2.24) is 9.55 Å². The highest BCUT2D eigenvalue weighted by molar-refractivity contribution is 7.52. The summed E-state index contributed by atoms with van der Waals surface area (Å²) < 4.78 is 27.6. The molecule has 1 saturated heterocycles. The zero-order valence-corrected chi connectivity index (χ0v) is 17.4. The van der Waals surface area contributed by atoms with Crippen molar-refractivity contribution in [2.45, 2.75) is 42.8 Å². The Morgan fingerprint density at radius 2 is 1.97 bits per heavy atom. The van der Waals surface area contributed by atoms with Gasteiger partial charge in [-0.2, -0.15) is 0 Å². The second-order valence-electron chi connectivity index (χ2n) is 7.03. The number of aromatic nitrogens is 2. The lowest BCUT2D eigenvalue weighted by atomic mass is 10.1. The molecule has 0 spiro atoms. The van der Waals surface area contributed by atoms with Gasteiger partial charge in [0.05, 0.1) is 18.9 Å². The molecule has 8 atom stereocenters. The number of aliphatic hydroxyl groups is 4. The van der Waals surface area contributed by atoms with E-state index in [1.165, 1.54) is 0 Å². The van der Waals surface area contributed by atoms with Gasteiger partial charge >= 0.3 is 19.4 Å². The molecule has 1 aromatic heterocycles. The van der Waals surface area contributed by atoms with Gasteiger partial charge in [0.1, 0.15) is 31.0 Å². The molecule has 10 N–H and O–H groups in total. The van der Waals surface area contributed by atoms with E-state index in [0.29, 0.717) is 0 Å². The van der Waals surface area contributed by atoms with E-state index in [0.717, 1.165) is 16.8 Å². The van der Waals surface area contributed by atoms with Crippen LogP contribution < -0.4 is 22.7 Å². The number of carbonyl (C=O) groups excluding carboxylic acids is 1. The summed E-state index contributed by atoms with van der Waals surface area (Å²) >= 11 is 0. The summed E-state index contributed by atoms with van der Waals surface area (Å²) in [5.74, 6) is 0. The summed E-state index contributed by atoms with van der Waals surface area (Å²) in [7, 11) is -4.50. The summed E-state index contributed by atoms with van der Waals surface area (Å²) in [4.78, 5) is 45.4. The van der Waals surface area contributed by atoms with E-state index in [1.54, 1.807) is 0 Å². The van der Waals surface area contributed by atoms with Crippen molar-refractivity contribution in [2.75, 3.05) is 19.4 Å². The number of nitrogens with two attached hydrogens (primary N) is 2. The van der Waals surface area contributed by atoms with Crippen molar-refractivity contribution in [2.24, 2.45) is 11.5 Å². The molecule has 1 amide bonds. The van der Waals surface area contributed by atoms with Gasteiger partial charge in [-0.25, -0.2) is 9.59 Å². The predicted molar refractivity (Wildman–Crippen MR) is 103 cm³/mol. The van der Waals surface area contributed by atoms with Crippen LogP contribution in [0.25, 0.3) is 0 Å². The van der Waals surface area contributed by atoms with Crippen molar-refractivity contribution in [1.29, 1.82) is 0 Å². The monoisotopic (exact) mass is 484 g/mol. The van der Waals surface area contributed by atoms with E-state index in [9.17, 15) is 44.3 Å². The molecule has 32 heavy (non-hydrogen) atoms. The minimum absolute atomic E-state index is 0.690. The molecule has 2 rings (SSSR count). The maximum atomic E-state index is 12.3. The summed E-state index contributed by atoms with van der Waals surface area (Å²) in [6.07, 6.45) is -10.5. The molecule has 0 radical (unpaired) electrons. The number of ether oxygens (including phenoxy) is 2. The Balaban J connectivity index is 1.95. The first-order valence-corrected chi connectivity index (χ1v) is 10.9. The first-order chi connectivity index (χ1) is 14.8. The molecule has 17 heteroatoms. The minimum Gasteiger partial charge on any atom is -0.447 e. The van der Waals surface area contributed by atoms with Crippen LogP contribution in [0.3, 0.4) is 0 Å². The van der Waals surface area contributed by atoms with Crippen LogP contribution in [0.5, 0.6) is 0 Å². The fraction of sp³-hybridized carbons (Fsp3) is 0.667. The fourth-order valence-electron chi connectivity index (χ4n) is 2.89. The Bertz CT molecular complexity index is 953. The van der Waals surface area contributed by atoms with Gasteiger partial charge in [-0.15, -0.1) is 0 Å². The fourth-order valence-corrected chi connectivity index (χ4v) is 4.13. The van der Waals surface area contributed by atoms with Gasteiger partial charge in [-0.1, -0.05) is 0 Å². The van der Waals surface area contributed by atoms with Crippen molar-refractivity contribution in [3.63, 3.8) is 0 Å². The van der Waals surface area contributed by atoms with Gasteiger partial charge in [0, 0.05) is 18.3 Å². The number of nitrogens with zero attached hydrogens (tertiary/aromatic N) is 1. The van der Waals surface area contributed by atoms with E-state index in [2.05, 4.69) is 4.74 Å². The third-order valence-corrected chi connectivity index (χ3v) is 6.01. The Morgan fingerprint density at radius 3 is 2.56 bits per heavy atom. The first kappa shape index (κ1) is 26.1. The standard InChI is InChI=1S/C15H25N4O12P/c16-6(10(22)7(20)3-29-14(17)25)5-32(27,28)30-4-8-11(23)12(24)13(31-8)19-2-1-9(21)18-15(19)26/h1-2,6-8,10-13,20,22-24H,3-5,16H2,(H2,17,25)(H,27,28)(H,18,21,26)/t6-,7-,8+,10-,11+,12+,13+/m0/s1. The topological polar surface area (TPSA) is 270 Å². The SMILES string of the molecule is NC(=O)OC[C@H](O)[C@@H](O)[C@@H](N)CP(=O)(O)OC[C@H]1O[C@@H](n2ccc(=O)[nH]c2=O)[C@H](O)[C@@H]1O. The zero-order valence-electron chi connectivity index (χ0n) is 16.5. The largest absolute Gasteiger partial charge is 0.447 e. The molecule has 16 nitrogen and oxygen atoms in total. The lowest BCUT2D eigenvalue weighted by Gasteiger charge is -2.25. The van der Waals surface area contributed by atoms with Gasteiger partial charge in [-0.3, -0.25) is 18.9 Å². The molecule has 0 bridgehead atoms. The van der Waals surface area contributed by atoms with Crippen LogP contribution in [0.2, 0.25) is 0 Å². The predicted octanol–water partition coefficient (Wildman–Crippen LogP) is -4.50. The third kappa shape index (κ3) is 6.68. The molecule has 1 fully saturated rings. The number of nitrogens with one attached hydrogen (secondary N) is 1. The molecule has 0 aromatic carbocycles. The number of amides is 1. The van der Waals surface area contributed by atoms with Gasteiger partial charge in [0.25, 0.3) is 5.56 Å². The number of hydrogen-bond donors (Lipinski definition) is 8. The number of hydrogen-bond acceptors (Lipinski definition) is 12. The Kier molecular flexibility index (Phi) is 8.69. The highest BCUT2D eigenvalue weighted by Crippen LogP contribution is 2.43. The lowest BCUT2D eigenvalue weighted by molar-refractivity contribution is -0.0528. The number of rotatable bonds is 10. The van der Waals surface area contributed by atoms with E-state index < -0.39 is 87.1 Å². The van der Waals surface area contributed by atoms with Crippen molar-refractivity contribution in [3.8, 4) is 0 Å². The molecule has 1 unspecified atom stereocenters. The Hall–Kier alpha value is -2.14. The van der Waals surface area contributed by atoms with Gasteiger partial charge in [-0.05, 0) is 0 Å². The number of carbonyl (C=O) groups is 1. The van der Waals surface area contributed by atoms with E-state index >= 15 is 0 Å². The van der Waals surface area contributed by atoms with Crippen molar-refractivity contribution >= 4 is 13.7 Å². The molecular formula is C15H25N4O12P. The smallest absolute Gasteiger partial charge is 0.404 e. The van der Waals surface area contributed by atoms with Crippen LogP contribution in [0.1, 0.15) is 6.23 Å². The normalized spacial score (nSPS) is 27.9. The number of H-pyrrole nitrogens is 1. The van der Waals surface area contributed by atoms with E-state index in [-0.39, 0.29) is 0 Å². The maximum Gasteiger partial charge on any atom is 0.404 e. The van der Waals surface area contributed by atoms with Crippen LogP contribution >= 0.6 is 7.60 Å². The quantitative estimate of drug-likeness (QED) is 0.146. The number of primary amides is 1. The highest BCUT2D eigenvalue weighted by atomic mass is 31.2. The summed E-state index contributed by atoms with van der Waals surface area (Å²) in [6.45, 7) is -1.41. The molecule has 1 aliphatic heterocycles. The third-order valence-electron chi connectivity index (χ3n) is 4.57. The van der Waals surface area contributed by atoms with Crippen molar-refractivity contribution in [3.05, 3.63) is 33.1 Å². The van der Waals surface area contributed by atoms with Crippen LogP contribution in [0.4, 0.5) is 4.79 Å². The van der Waals surface area contributed by atoms with Gasteiger partial charge < -0.3 is 50.8 Å². The molecule has 1 aromatic rings. The minimum atomic E-state index is -4.50. The lowest BCUT2D eigenvalue weighted by Crippen LogP contribution is -2.47. The molecule has 2 heterocycles. The van der Waals surface area contributed by atoms with Crippen LogP contribution in [-0.2, 0) is 18.6 Å². The zero-order chi connectivity index (χ0) is 24.2. The number of aliphatic hydroxyl groups excluding tert-OH is 4. The Morgan fingerprint density at radius 1 is 1.31 bits per heavy atom.